The predicted molar refractivity (Wildman–Crippen MR) is 74.5 cm³/mol. The molecule has 1 atom stereocenters. The van der Waals surface area contributed by atoms with E-state index in [2.05, 4.69) is 32.7 Å². The molecule has 1 aromatic rings. The van der Waals surface area contributed by atoms with Gasteiger partial charge in [0.2, 0.25) is 0 Å². The van der Waals surface area contributed by atoms with Gasteiger partial charge in [-0.3, -0.25) is 0 Å². The lowest BCUT2D eigenvalue weighted by Crippen LogP contribution is -2.33. The molecule has 0 amide bonds. The van der Waals surface area contributed by atoms with Crippen LogP contribution < -0.4 is 20.1 Å². The number of nitrogen functional groups attached to an aromatic ring is 1. The molecule has 0 radical (unpaired) electrons. The molecule has 1 unspecified atom stereocenters. The molecule has 0 saturated heterocycles. The summed E-state index contributed by atoms with van der Waals surface area (Å²) in [6.45, 7) is 7.79. The molecule has 1 heterocycles. The fourth-order valence-electron chi connectivity index (χ4n) is 2.07. The van der Waals surface area contributed by atoms with E-state index in [1.165, 1.54) is 0 Å². The number of fused-ring (bicyclic) bond motifs is 1. The minimum Gasteiger partial charge on any atom is -0.486 e. The molecule has 1 aliphatic heterocycles. The van der Waals surface area contributed by atoms with Crippen molar-refractivity contribution in [2.24, 2.45) is 5.92 Å². The van der Waals surface area contributed by atoms with Crippen molar-refractivity contribution in [2.45, 2.75) is 26.8 Å². The first-order valence-corrected chi connectivity index (χ1v) is 6.42. The Hall–Kier alpha value is -1.58. The van der Waals surface area contributed by atoms with Crippen molar-refractivity contribution in [1.29, 1.82) is 0 Å². The first kappa shape index (κ1) is 12.9. The molecule has 4 heteroatoms. The van der Waals surface area contributed by atoms with Crippen LogP contribution in [0.4, 0.5) is 11.4 Å². The molecule has 0 bridgehead atoms. The monoisotopic (exact) mass is 250 g/mol. The fourth-order valence-corrected chi connectivity index (χ4v) is 2.07. The van der Waals surface area contributed by atoms with Crippen LogP contribution >= 0.6 is 0 Å². The largest absolute Gasteiger partial charge is 0.486 e. The van der Waals surface area contributed by atoms with Gasteiger partial charge in [-0.25, -0.2) is 0 Å². The van der Waals surface area contributed by atoms with E-state index in [1.54, 1.807) is 0 Å². The summed E-state index contributed by atoms with van der Waals surface area (Å²) >= 11 is 0. The number of nitrogens with two attached hydrogens (primary N) is 1. The van der Waals surface area contributed by atoms with E-state index < -0.39 is 0 Å². The number of anilines is 2. The van der Waals surface area contributed by atoms with E-state index in [1.807, 2.05) is 12.1 Å². The number of hydrogen-bond donors (Lipinski definition) is 1. The molecule has 2 N–H and O–H groups in total. The summed E-state index contributed by atoms with van der Waals surface area (Å²) in [6, 6.07) is 4.24. The Balaban J connectivity index is 2.33. The van der Waals surface area contributed by atoms with Crippen LogP contribution in [0.15, 0.2) is 12.1 Å². The zero-order valence-electron chi connectivity index (χ0n) is 11.6. The van der Waals surface area contributed by atoms with Gasteiger partial charge in [0.05, 0.1) is 11.4 Å². The quantitative estimate of drug-likeness (QED) is 0.837. The summed E-state index contributed by atoms with van der Waals surface area (Å²) < 4.78 is 11.1. The topological polar surface area (TPSA) is 47.7 Å². The van der Waals surface area contributed by atoms with Gasteiger partial charge >= 0.3 is 0 Å². The molecule has 18 heavy (non-hydrogen) atoms. The van der Waals surface area contributed by atoms with Gasteiger partial charge in [0.25, 0.3) is 0 Å². The van der Waals surface area contributed by atoms with Crippen molar-refractivity contribution < 1.29 is 9.47 Å². The second kappa shape index (κ2) is 4.96. The molecule has 1 aromatic carbocycles. The van der Waals surface area contributed by atoms with Crippen molar-refractivity contribution in [1.82, 2.24) is 0 Å². The average molecular weight is 250 g/mol. The highest BCUT2D eigenvalue weighted by molar-refractivity contribution is 5.73. The fraction of sp³-hybridized carbons (Fsp3) is 0.571. The third-order valence-corrected chi connectivity index (χ3v) is 3.65. The van der Waals surface area contributed by atoms with Gasteiger partial charge in [-0.2, -0.15) is 0 Å². The maximum atomic E-state index is 6.11. The Labute approximate surface area is 109 Å². The molecule has 0 aromatic heterocycles. The first-order valence-electron chi connectivity index (χ1n) is 6.42. The van der Waals surface area contributed by atoms with E-state index in [9.17, 15) is 0 Å². The average Bonchev–Trinajstić information content (AvgIpc) is 2.36. The highest BCUT2D eigenvalue weighted by Gasteiger charge is 2.20. The van der Waals surface area contributed by atoms with Crippen LogP contribution in [0, 0.1) is 5.92 Å². The van der Waals surface area contributed by atoms with Crippen LogP contribution in [0.25, 0.3) is 0 Å². The molecule has 2 rings (SSSR count). The molecule has 0 fully saturated rings. The van der Waals surface area contributed by atoms with Gasteiger partial charge < -0.3 is 20.1 Å². The molecular weight excluding hydrogens is 228 g/mol. The van der Waals surface area contributed by atoms with Crippen LogP contribution in [0.2, 0.25) is 0 Å². The highest BCUT2D eigenvalue weighted by atomic mass is 16.6. The van der Waals surface area contributed by atoms with E-state index in [4.69, 9.17) is 15.2 Å². The van der Waals surface area contributed by atoms with Gasteiger partial charge in [0, 0.05) is 25.2 Å². The third-order valence-electron chi connectivity index (χ3n) is 3.65. The summed E-state index contributed by atoms with van der Waals surface area (Å²) in [4.78, 5) is 2.19. The number of nitrogens with zero attached hydrogens (tertiary/aromatic N) is 1. The van der Waals surface area contributed by atoms with Gasteiger partial charge in [-0.05, 0) is 12.8 Å². The second-order valence-corrected chi connectivity index (χ2v) is 5.15. The van der Waals surface area contributed by atoms with Crippen LogP contribution in [0.1, 0.15) is 20.8 Å². The normalized spacial score (nSPS) is 15.6. The van der Waals surface area contributed by atoms with Gasteiger partial charge in [-0.1, -0.05) is 13.8 Å². The molecule has 4 nitrogen and oxygen atoms in total. The van der Waals surface area contributed by atoms with Gasteiger partial charge in [-0.15, -0.1) is 0 Å². The summed E-state index contributed by atoms with van der Waals surface area (Å²) in [5.41, 5.74) is 7.84. The lowest BCUT2D eigenvalue weighted by Gasteiger charge is -2.32. The number of benzene rings is 1. The molecular formula is C14H22N2O2. The lowest BCUT2D eigenvalue weighted by molar-refractivity contribution is 0.172. The Morgan fingerprint density at radius 2 is 1.67 bits per heavy atom. The van der Waals surface area contributed by atoms with Crippen LogP contribution in [-0.4, -0.2) is 26.3 Å². The standard InChI is InChI=1S/C14H22N2O2/c1-9(2)10(3)16(4)12-8-14-13(7-11(12)15)17-5-6-18-14/h7-10H,5-6,15H2,1-4H3. The Morgan fingerprint density at radius 1 is 1.11 bits per heavy atom. The van der Waals surface area contributed by atoms with E-state index in [-0.39, 0.29) is 0 Å². The first-order chi connectivity index (χ1) is 8.50. The summed E-state index contributed by atoms with van der Waals surface area (Å²) in [7, 11) is 2.06. The van der Waals surface area contributed by atoms with Crippen LogP contribution in [0.3, 0.4) is 0 Å². The van der Waals surface area contributed by atoms with E-state index in [0.717, 1.165) is 22.9 Å². The van der Waals surface area contributed by atoms with E-state index >= 15 is 0 Å². The van der Waals surface area contributed by atoms with Gasteiger partial charge in [0.1, 0.15) is 13.2 Å². The van der Waals surface area contributed by atoms with Crippen molar-refractivity contribution in [3.8, 4) is 11.5 Å². The number of rotatable bonds is 3. The number of ether oxygens (including phenoxy) is 2. The maximum absolute atomic E-state index is 6.11. The van der Waals surface area contributed by atoms with Crippen LogP contribution in [-0.2, 0) is 0 Å². The Kier molecular flexibility index (Phi) is 3.55. The van der Waals surface area contributed by atoms with Crippen molar-refractivity contribution in [3.63, 3.8) is 0 Å². The third kappa shape index (κ3) is 2.33. The highest BCUT2D eigenvalue weighted by Crippen LogP contribution is 2.39. The zero-order chi connectivity index (χ0) is 13.3. The Morgan fingerprint density at radius 3 is 2.22 bits per heavy atom. The smallest absolute Gasteiger partial charge is 0.163 e. The minimum absolute atomic E-state index is 0.412. The summed E-state index contributed by atoms with van der Waals surface area (Å²) in [5.74, 6) is 2.09. The zero-order valence-corrected chi connectivity index (χ0v) is 11.6. The Bertz CT molecular complexity index is 432. The molecule has 0 spiro atoms. The number of hydrogen-bond acceptors (Lipinski definition) is 4. The second-order valence-electron chi connectivity index (χ2n) is 5.15. The minimum atomic E-state index is 0.412. The van der Waals surface area contributed by atoms with E-state index in [0.29, 0.717) is 25.2 Å². The lowest BCUT2D eigenvalue weighted by atomic mass is 10.0. The summed E-state index contributed by atoms with van der Waals surface area (Å²) in [5, 5.41) is 0. The predicted octanol–water partition coefficient (Wildman–Crippen LogP) is 2.52. The maximum Gasteiger partial charge on any atom is 0.163 e. The molecule has 1 aliphatic rings. The van der Waals surface area contributed by atoms with Gasteiger partial charge in [0.15, 0.2) is 11.5 Å². The molecule has 0 aliphatic carbocycles. The van der Waals surface area contributed by atoms with Crippen molar-refractivity contribution >= 4 is 11.4 Å². The SMILES string of the molecule is CC(C)C(C)N(C)c1cc2c(cc1N)OCCO2. The molecule has 100 valence electrons. The summed E-state index contributed by atoms with van der Waals surface area (Å²) in [6.07, 6.45) is 0. The van der Waals surface area contributed by atoms with Crippen molar-refractivity contribution in [2.75, 3.05) is 30.9 Å². The van der Waals surface area contributed by atoms with Crippen LogP contribution in [0.5, 0.6) is 11.5 Å². The van der Waals surface area contributed by atoms with Crippen molar-refractivity contribution in [3.05, 3.63) is 12.1 Å². The molecule has 0 saturated carbocycles.